The van der Waals surface area contributed by atoms with Gasteiger partial charge in [-0.1, -0.05) is 24.3 Å². The van der Waals surface area contributed by atoms with E-state index < -0.39 is 23.8 Å². The number of halogens is 1. The highest BCUT2D eigenvalue weighted by molar-refractivity contribution is 9.10. The molecule has 1 N–H and O–H groups in total. The molecule has 1 unspecified atom stereocenters. The first-order chi connectivity index (χ1) is 14.7. The Balaban J connectivity index is 1.91. The van der Waals surface area contributed by atoms with Gasteiger partial charge in [0.1, 0.15) is 23.7 Å². The van der Waals surface area contributed by atoms with Crippen molar-refractivity contribution >= 4 is 28.0 Å². The molecule has 0 saturated carbocycles. The van der Waals surface area contributed by atoms with Crippen LogP contribution in [0.2, 0.25) is 0 Å². The Morgan fingerprint density at radius 3 is 2.42 bits per heavy atom. The van der Waals surface area contributed by atoms with Crippen LogP contribution in [0.15, 0.2) is 53.0 Å². The summed E-state index contributed by atoms with van der Waals surface area (Å²) < 4.78 is 22.3. The maximum absolute atomic E-state index is 12.2. The van der Waals surface area contributed by atoms with Crippen LogP contribution in [-0.2, 0) is 20.7 Å². The molecule has 1 amide bonds. The molecule has 0 fully saturated rings. The van der Waals surface area contributed by atoms with Crippen LogP contribution in [0.25, 0.3) is 0 Å². The largest absolute Gasteiger partial charge is 0.491 e. The van der Waals surface area contributed by atoms with Crippen molar-refractivity contribution in [2.24, 2.45) is 0 Å². The number of carbonyl (C=O) groups is 2. The minimum absolute atomic E-state index is 0.277. The van der Waals surface area contributed by atoms with Gasteiger partial charge in [-0.3, -0.25) is 0 Å². The predicted molar refractivity (Wildman–Crippen MR) is 120 cm³/mol. The molecule has 0 heterocycles. The predicted octanol–water partition coefficient (Wildman–Crippen LogP) is 4.52. The van der Waals surface area contributed by atoms with E-state index in [1.54, 1.807) is 39.0 Å². The highest BCUT2D eigenvalue weighted by atomic mass is 79.9. The van der Waals surface area contributed by atoms with Crippen LogP contribution in [0.4, 0.5) is 4.79 Å². The van der Waals surface area contributed by atoms with E-state index in [1.807, 2.05) is 30.3 Å². The van der Waals surface area contributed by atoms with E-state index in [-0.39, 0.29) is 6.61 Å². The van der Waals surface area contributed by atoms with E-state index in [9.17, 15) is 9.59 Å². The van der Waals surface area contributed by atoms with E-state index in [0.29, 0.717) is 24.5 Å². The molecule has 0 aliphatic carbocycles. The number of para-hydroxylation sites is 1. The first-order valence-electron chi connectivity index (χ1n) is 9.85. The number of ether oxygens (including phenoxy) is 4. The quantitative estimate of drug-likeness (QED) is 0.408. The molecule has 0 aliphatic heterocycles. The van der Waals surface area contributed by atoms with Crippen molar-refractivity contribution in [2.45, 2.75) is 38.9 Å². The molecule has 0 bridgehead atoms. The molecule has 168 valence electrons. The first-order valence-corrected chi connectivity index (χ1v) is 10.6. The summed E-state index contributed by atoms with van der Waals surface area (Å²) in [6, 6.07) is 14.6. The van der Waals surface area contributed by atoms with E-state index in [2.05, 4.69) is 21.2 Å². The van der Waals surface area contributed by atoms with Crippen LogP contribution >= 0.6 is 15.9 Å². The lowest BCUT2D eigenvalue weighted by atomic mass is 10.1. The van der Waals surface area contributed by atoms with Crippen LogP contribution in [0.1, 0.15) is 26.3 Å². The third-order valence-corrected chi connectivity index (χ3v) is 4.55. The van der Waals surface area contributed by atoms with Gasteiger partial charge in [0.2, 0.25) is 0 Å². The molecule has 2 rings (SSSR count). The second kappa shape index (κ2) is 11.6. The van der Waals surface area contributed by atoms with Gasteiger partial charge in [-0.15, -0.1) is 0 Å². The number of rotatable bonds is 9. The molecule has 0 spiro atoms. The van der Waals surface area contributed by atoms with Crippen molar-refractivity contribution < 1.29 is 28.5 Å². The van der Waals surface area contributed by atoms with Crippen molar-refractivity contribution in [3.05, 3.63) is 58.6 Å². The maximum Gasteiger partial charge on any atom is 0.407 e. The number of carbonyl (C=O) groups excluding carboxylic acids is 2. The standard InChI is InChI=1S/C23H28BrNO6/c1-23(2,3)31-22(27)25-12-13-29-19-11-10-16(14-18(19)24)15-20(21(26)28-4)30-17-8-6-5-7-9-17/h5-11,14,20H,12-13,15H2,1-4H3,(H,25,27). The number of alkyl carbamates (subject to hydrolysis) is 1. The van der Waals surface area contributed by atoms with Gasteiger partial charge >= 0.3 is 12.1 Å². The summed E-state index contributed by atoms with van der Waals surface area (Å²) in [7, 11) is 1.34. The molecule has 1 atom stereocenters. The summed E-state index contributed by atoms with van der Waals surface area (Å²) >= 11 is 3.48. The van der Waals surface area contributed by atoms with Gasteiger partial charge in [0.25, 0.3) is 0 Å². The zero-order valence-electron chi connectivity index (χ0n) is 18.1. The fraction of sp³-hybridized carbons (Fsp3) is 0.391. The Morgan fingerprint density at radius 2 is 1.81 bits per heavy atom. The number of benzene rings is 2. The van der Waals surface area contributed by atoms with Crippen molar-refractivity contribution in [3.63, 3.8) is 0 Å². The van der Waals surface area contributed by atoms with Crippen molar-refractivity contribution in [1.82, 2.24) is 5.32 Å². The van der Waals surface area contributed by atoms with Crippen LogP contribution in [-0.4, -0.2) is 44.0 Å². The molecule has 0 aromatic heterocycles. The Hall–Kier alpha value is -2.74. The van der Waals surface area contributed by atoms with Gasteiger partial charge in [0.05, 0.1) is 18.1 Å². The Morgan fingerprint density at radius 1 is 1.10 bits per heavy atom. The third kappa shape index (κ3) is 8.88. The average Bonchev–Trinajstić information content (AvgIpc) is 2.71. The van der Waals surface area contributed by atoms with Crippen LogP contribution < -0.4 is 14.8 Å². The number of nitrogens with one attached hydrogen (secondary N) is 1. The number of amides is 1. The fourth-order valence-corrected chi connectivity index (χ4v) is 3.14. The van der Waals surface area contributed by atoms with Crippen LogP contribution in [0.3, 0.4) is 0 Å². The zero-order chi connectivity index (χ0) is 22.9. The lowest BCUT2D eigenvalue weighted by Crippen LogP contribution is -2.34. The third-order valence-electron chi connectivity index (χ3n) is 3.93. The highest BCUT2D eigenvalue weighted by Gasteiger charge is 2.22. The van der Waals surface area contributed by atoms with Gasteiger partial charge in [0, 0.05) is 6.42 Å². The molecule has 2 aromatic rings. The van der Waals surface area contributed by atoms with Crippen molar-refractivity contribution in [3.8, 4) is 11.5 Å². The molecule has 8 heteroatoms. The second-order valence-electron chi connectivity index (χ2n) is 7.69. The molecule has 0 aliphatic rings. The van der Waals surface area contributed by atoms with E-state index in [4.69, 9.17) is 18.9 Å². The summed E-state index contributed by atoms with van der Waals surface area (Å²) in [4.78, 5) is 23.8. The minimum atomic E-state index is -0.774. The molecule has 0 saturated heterocycles. The van der Waals surface area contributed by atoms with Gasteiger partial charge in [-0.25, -0.2) is 9.59 Å². The summed E-state index contributed by atoms with van der Waals surface area (Å²) in [5, 5.41) is 2.64. The monoisotopic (exact) mass is 493 g/mol. The van der Waals surface area contributed by atoms with Crippen LogP contribution in [0, 0.1) is 0 Å². The number of esters is 1. The Kier molecular flexibility index (Phi) is 9.18. The molecular formula is C23H28BrNO6. The Labute approximate surface area is 191 Å². The van der Waals surface area contributed by atoms with Gasteiger partial charge in [0.15, 0.2) is 6.10 Å². The normalized spacial score (nSPS) is 11.9. The zero-order valence-corrected chi connectivity index (χ0v) is 19.7. The summed E-state index contributed by atoms with van der Waals surface area (Å²) in [6.07, 6.45) is -0.928. The van der Waals surface area contributed by atoms with Crippen molar-refractivity contribution in [2.75, 3.05) is 20.3 Å². The van der Waals surface area contributed by atoms with E-state index >= 15 is 0 Å². The fourth-order valence-electron chi connectivity index (χ4n) is 2.60. The van der Waals surface area contributed by atoms with E-state index in [1.165, 1.54) is 7.11 Å². The summed E-state index contributed by atoms with van der Waals surface area (Å²) in [5.41, 5.74) is 0.327. The number of hydrogen-bond acceptors (Lipinski definition) is 6. The summed E-state index contributed by atoms with van der Waals surface area (Å²) in [5.74, 6) is 0.760. The molecule has 0 radical (unpaired) electrons. The van der Waals surface area contributed by atoms with Crippen LogP contribution in [0.5, 0.6) is 11.5 Å². The van der Waals surface area contributed by atoms with Crippen molar-refractivity contribution in [1.29, 1.82) is 0 Å². The topological polar surface area (TPSA) is 83.1 Å². The Bertz CT molecular complexity index is 866. The smallest absolute Gasteiger partial charge is 0.407 e. The highest BCUT2D eigenvalue weighted by Crippen LogP contribution is 2.27. The maximum atomic E-state index is 12.2. The van der Waals surface area contributed by atoms with Gasteiger partial charge in [-0.05, 0) is 66.5 Å². The lowest BCUT2D eigenvalue weighted by molar-refractivity contribution is -0.148. The van der Waals surface area contributed by atoms with E-state index in [0.717, 1.165) is 10.0 Å². The minimum Gasteiger partial charge on any atom is -0.491 e. The van der Waals surface area contributed by atoms with Gasteiger partial charge in [-0.2, -0.15) is 0 Å². The number of hydrogen-bond donors (Lipinski definition) is 1. The molecular weight excluding hydrogens is 466 g/mol. The summed E-state index contributed by atoms with van der Waals surface area (Å²) in [6.45, 7) is 5.99. The molecule has 2 aromatic carbocycles. The second-order valence-corrected chi connectivity index (χ2v) is 8.54. The average molecular weight is 494 g/mol. The number of methoxy groups -OCH3 is 1. The molecule has 7 nitrogen and oxygen atoms in total. The first kappa shape index (κ1) is 24.5. The SMILES string of the molecule is COC(=O)C(Cc1ccc(OCCNC(=O)OC(C)(C)C)c(Br)c1)Oc1ccccc1. The lowest BCUT2D eigenvalue weighted by Gasteiger charge is -2.19. The molecule has 31 heavy (non-hydrogen) atoms. The van der Waals surface area contributed by atoms with Gasteiger partial charge < -0.3 is 24.3 Å².